The molecule has 2 atom stereocenters. The van der Waals surface area contributed by atoms with Crippen LogP contribution in [0.2, 0.25) is 0 Å². The topological polar surface area (TPSA) is 79.2 Å². The number of ether oxygens (including phenoxy) is 2. The summed E-state index contributed by atoms with van der Waals surface area (Å²) in [5.41, 5.74) is -0.898. The van der Waals surface area contributed by atoms with Crippen LogP contribution in [0.15, 0.2) is 0 Å². The molecule has 1 amide bonds. The van der Waals surface area contributed by atoms with Gasteiger partial charge in [0.05, 0.1) is 18.3 Å². The average molecular weight is 287 g/mol. The maximum Gasteiger partial charge on any atom is 0.410 e. The first kappa shape index (κ1) is 15.5. The second-order valence-corrected chi connectivity index (χ2v) is 6.80. The molecular weight excluding hydrogens is 262 g/mol. The fraction of sp³-hybridized carbons (Fsp3) is 0.929. The normalized spacial score (nSPS) is 30.4. The summed E-state index contributed by atoms with van der Waals surface area (Å²) in [4.78, 5) is 13.7. The van der Waals surface area contributed by atoms with Crippen molar-refractivity contribution in [2.75, 3.05) is 19.7 Å². The van der Waals surface area contributed by atoms with Crippen molar-refractivity contribution < 1.29 is 24.5 Å². The molecule has 2 N–H and O–H groups in total. The molecule has 0 aromatic rings. The highest BCUT2D eigenvalue weighted by molar-refractivity contribution is 5.68. The Labute approximate surface area is 119 Å². The summed E-state index contributed by atoms with van der Waals surface area (Å²) in [6, 6.07) is 0. The summed E-state index contributed by atoms with van der Waals surface area (Å²) in [5, 5.41) is 19.3. The highest BCUT2D eigenvalue weighted by Crippen LogP contribution is 2.35. The zero-order chi connectivity index (χ0) is 15.0. The summed E-state index contributed by atoms with van der Waals surface area (Å²) in [6.45, 7) is 6.80. The molecule has 6 nitrogen and oxygen atoms in total. The molecule has 0 aromatic carbocycles. The second-order valence-electron chi connectivity index (χ2n) is 6.80. The maximum atomic E-state index is 12.0. The Morgan fingerprint density at radius 3 is 2.35 bits per heavy atom. The van der Waals surface area contributed by atoms with Gasteiger partial charge in [-0.05, 0) is 33.6 Å². The van der Waals surface area contributed by atoms with E-state index in [1.807, 2.05) is 20.8 Å². The van der Waals surface area contributed by atoms with Crippen molar-refractivity contribution in [2.24, 2.45) is 0 Å². The monoisotopic (exact) mass is 287 g/mol. The number of carbonyl (C=O) groups excluding carboxylic acids is 1. The first-order chi connectivity index (χ1) is 9.21. The molecule has 20 heavy (non-hydrogen) atoms. The number of rotatable bonds is 0. The Balaban J connectivity index is 1.88. The molecule has 2 fully saturated rings. The maximum absolute atomic E-state index is 12.0. The first-order valence-corrected chi connectivity index (χ1v) is 7.19. The quantitative estimate of drug-likeness (QED) is 0.692. The van der Waals surface area contributed by atoms with Crippen LogP contribution in [-0.2, 0) is 9.47 Å². The van der Waals surface area contributed by atoms with Gasteiger partial charge in [0, 0.05) is 19.5 Å². The zero-order valence-electron chi connectivity index (χ0n) is 12.5. The van der Waals surface area contributed by atoms with Gasteiger partial charge < -0.3 is 24.6 Å². The van der Waals surface area contributed by atoms with Crippen LogP contribution in [0.3, 0.4) is 0 Å². The molecule has 1 spiro atoms. The van der Waals surface area contributed by atoms with Gasteiger partial charge in [0.25, 0.3) is 0 Å². The standard InChI is InChI=1S/C14H25NO5/c1-13(2,3)20-12(18)15-6-4-14(5-7-15)8-10(16)11(17)9-19-14/h10-11,16-17H,4-9H2,1-3H3/t10-,11+/m1/s1. The van der Waals surface area contributed by atoms with Crippen molar-refractivity contribution in [3.05, 3.63) is 0 Å². The van der Waals surface area contributed by atoms with E-state index in [1.54, 1.807) is 4.90 Å². The van der Waals surface area contributed by atoms with Gasteiger partial charge in [0.15, 0.2) is 0 Å². The van der Waals surface area contributed by atoms with Crippen LogP contribution < -0.4 is 0 Å². The van der Waals surface area contributed by atoms with E-state index < -0.39 is 23.4 Å². The van der Waals surface area contributed by atoms with Crippen LogP contribution in [0.4, 0.5) is 4.79 Å². The molecule has 0 aliphatic carbocycles. The number of amides is 1. The summed E-state index contributed by atoms with van der Waals surface area (Å²) < 4.78 is 11.1. The van der Waals surface area contributed by atoms with Crippen molar-refractivity contribution in [3.63, 3.8) is 0 Å². The summed E-state index contributed by atoms with van der Waals surface area (Å²) in [7, 11) is 0. The lowest BCUT2D eigenvalue weighted by Gasteiger charge is -2.46. The fourth-order valence-electron chi connectivity index (χ4n) is 2.72. The van der Waals surface area contributed by atoms with Gasteiger partial charge in [0.2, 0.25) is 0 Å². The van der Waals surface area contributed by atoms with E-state index >= 15 is 0 Å². The minimum absolute atomic E-state index is 0.160. The third-order valence-electron chi connectivity index (χ3n) is 3.91. The van der Waals surface area contributed by atoms with Gasteiger partial charge in [0.1, 0.15) is 11.7 Å². The summed E-state index contributed by atoms with van der Waals surface area (Å²) >= 11 is 0. The van der Waals surface area contributed by atoms with Gasteiger partial charge in [-0.2, -0.15) is 0 Å². The number of hydrogen-bond acceptors (Lipinski definition) is 5. The minimum Gasteiger partial charge on any atom is -0.444 e. The molecular formula is C14H25NO5. The lowest BCUT2D eigenvalue weighted by molar-refractivity contribution is -0.186. The van der Waals surface area contributed by atoms with Gasteiger partial charge in [-0.3, -0.25) is 0 Å². The third kappa shape index (κ3) is 3.62. The molecule has 2 aliphatic rings. The van der Waals surface area contributed by atoms with E-state index in [-0.39, 0.29) is 12.7 Å². The van der Waals surface area contributed by atoms with Crippen LogP contribution >= 0.6 is 0 Å². The number of carbonyl (C=O) groups is 1. The minimum atomic E-state index is -0.801. The number of nitrogens with zero attached hydrogens (tertiary/aromatic N) is 1. The van der Waals surface area contributed by atoms with Crippen LogP contribution in [0.5, 0.6) is 0 Å². The molecule has 0 unspecified atom stereocenters. The predicted octanol–water partition coefficient (Wildman–Crippen LogP) is 0.898. The Kier molecular flexibility index (Phi) is 4.27. The molecule has 2 saturated heterocycles. The van der Waals surface area contributed by atoms with E-state index in [0.29, 0.717) is 32.4 Å². The number of aliphatic hydroxyl groups excluding tert-OH is 2. The smallest absolute Gasteiger partial charge is 0.410 e. The van der Waals surface area contributed by atoms with Crippen molar-refractivity contribution in [1.29, 1.82) is 0 Å². The number of aliphatic hydroxyl groups is 2. The molecule has 2 heterocycles. The van der Waals surface area contributed by atoms with Gasteiger partial charge in [-0.25, -0.2) is 4.79 Å². The third-order valence-corrected chi connectivity index (χ3v) is 3.91. The fourth-order valence-corrected chi connectivity index (χ4v) is 2.72. The molecule has 0 bridgehead atoms. The molecule has 2 aliphatic heterocycles. The lowest BCUT2D eigenvalue weighted by Crippen LogP contribution is -2.55. The van der Waals surface area contributed by atoms with Crippen molar-refractivity contribution in [2.45, 2.75) is 63.4 Å². The van der Waals surface area contributed by atoms with Crippen LogP contribution in [0, 0.1) is 0 Å². The average Bonchev–Trinajstić information content (AvgIpc) is 2.33. The predicted molar refractivity (Wildman–Crippen MR) is 72.4 cm³/mol. The lowest BCUT2D eigenvalue weighted by atomic mass is 9.82. The van der Waals surface area contributed by atoms with Crippen LogP contribution in [0.25, 0.3) is 0 Å². The van der Waals surface area contributed by atoms with Crippen molar-refractivity contribution in [1.82, 2.24) is 4.90 Å². The Hall–Kier alpha value is -0.850. The van der Waals surface area contributed by atoms with Crippen molar-refractivity contribution in [3.8, 4) is 0 Å². The van der Waals surface area contributed by atoms with Gasteiger partial charge >= 0.3 is 6.09 Å². The van der Waals surface area contributed by atoms with Crippen LogP contribution in [-0.4, -0.2) is 64.3 Å². The van der Waals surface area contributed by atoms with E-state index in [9.17, 15) is 15.0 Å². The number of hydrogen-bond donors (Lipinski definition) is 2. The SMILES string of the molecule is CC(C)(C)OC(=O)N1CCC2(CC1)C[C@@H](O)[C@@H](O)CO2. The second kappa shape index (κ2) is 5.50. The first-order valence-electron chi connectivity index (χ1n) is 7.19. The molecule has 116 valence electrons. The highest BCUT2D eigenvalue weighted by Gasteiger charge is 2.44. The molecule has 6 heteroatoms. The van der Waals surface area contributed by atoms with Gasteiger partial charge in [-0.1, -0.05) is 0 Å². The zero-order valence-corrected chi connectivity index (χ0v) is 12.5. The molecule has 0 aromatic heterocycles. The van der Waals surface area contributed by atoms with E-state index in [1.165, 1.54) is 0 Å². The molecule has 0 saturated carbocycles. The Morgan fingerprint density at radius 1 is 1.25 bits per heavy atom. The van der Waals surface area contributed by atoms with E-state index in [0.717, 1.165) is 0 Å². The van der Waals surface area contributed by atoms with E-state index in [4.69, 9.17) is 9.47 Å². The highest BCUT2D eigenvalue weighted by atomic mass is 16.6. The largest absolute Gasteiger partial charge is 0.444 e. The Morgan fingerprint density at radius 2 is 1.85 bits per heavy atom. The summed E-state index contributed by atoms with van der Waals surface area (Å²) in [6.07, 6.45) is -0.0902. The van der Waals surface area contributed by atoms with Crippen LogP contribution in [0.1, 0.15) is 40.0 Å². The Bertz CT molecular complexity index is 357. The van der Waals surface area contributed by atoms with Crippen molar-refractivity contribution >= 4 is 6.09 Å². The molecule has 2 rings (SSSR count). The number of likely N-dealkylation sites (tertiary alicyclic amines) is 1. The number of piperidine rings is 1. The summed E-state index contributed by atoms with van der Waals surface area (Å²) in [5.74, 6) is 0. The van der Waals surface area contributed by atoms with Gasteiger partial charge in [-0.15, -0.1) is 0 Å². The van der Waals surface area contributed by atoms with E-state index in [2.05, 4.69) is 0 Å². The molecule has 0 radical (unpaired) electrons.